The lowest BCUT2D eigenvalue weighted by molar-refractivity contribution is 0.415. The summed E-state index contributed by atoms with van der Waals surface area (Å²) in [5.41, 5.74) is 2.85. The molecule has 5 heteroatoms. The van der Waals surface area contributed by atoms with E-state index in [1.807, 2.05) is 29.6 Å². The van der Waals surface area contributed by atoms with Crippen LogP contribution in [0, 0.1) is 0 Å². The molecule has 0 amide bonds. The summed E-state index contributed by atoms with van der Waals surface area (Å²) in [5.74, 6) is 0.663. The Morgan fingerprint density at radius 1 is 1.26 bits per heavy atom. The lowest BCUT2D eigenvalue weighted by atomic mass is 10.1. The van der Waals surface area contributed by atoms with Crippen LogP contribution in [0.25, 0.3) is 21.8 Å². The monoisotopic (exact) mass is 291 g/mol. The van der Waals surface area contributed by atoms with Gasteiger partial charge in [-0.05, 0) is 24.3 Å². The molecule has 0 spiro atoms. The Labute approximate surface area is 119 Å². The van der Waals surface area contributed by atoms with Crippen LogP contribution in [0.15, 0.2) is 46.6 Å². The van der Waals surface area contributed by atoms with Gasteiger partial charge >= 0.3 is 0 Å². The summed E-state index contributed by atoms with van der Waals surface area (Å²) < 4.78 is 10.2. The Kier molecular flexibility index (Phi) is 3.27. The van der Waals surface area contributed by atoms with Crippen molar-refractivity contribution in [3.05, 3.63) is 47.2 Å². The fraction of sp³-hybridized carbons (Fsp3) is 0.0714. The molecular weight excluding hydrogens is 282 g/mol. The van der Waals surface area contributed by atoms with Crippen LogP contribution >= 0.6 is 22.9 Å². The van der Waals surface area contributed by atoms with Crippen molar-refractivity contribution in [1.29, 1.82) is 0 Å². The summed E-state index contributed by atoms with van der Waals surface area (Å²) >= 11 is 7.69. The molecule has 0 aliphatic rings. The Hall–Kier alpha value is -1.78. The number of nitrogens with zero attached hydrogens (tertiary/aromatic N) is 1. The van der Waals surface area contributed by atoms with E-state index in [1.165, 1.54) is 0 Å². The highest BCUT2D eigenvalue weighted by atomic mass is 35.5. The maximum absolute atomic E-state index is 6.12. The van der Waals surface area contributed by atoms with E-state index in [1.54, 1.807) is 31.0 Å². The summed E-state index contributed by atoms with van der Waals surface area (Å²) in [6.07, 6.45) is 3.32. The number of thiazole rings is 1. The van der Waals surface area contributed by atoms with Gasteiger partial charge in [-0.25, -0.2) is 4.98 Å². The van der Waals surface area contributed by atoms with Crippen LogP contribution in [-0.2, 0) is 0 Å². The molecular formula is C14H10ClNO2S. The van der Waals surface area contributed by atoms with Crippen molar-refractivity contribution in [2.75, 3.05) is 7.11 Å². The molecule has 0 radical (unpaired) electrons. The van der Waals surface area contributed by atoms with Crippen LogP contribution in [0.2, 0.25) is 5.02 Å². The van der Waals surface area contributed by atoms with Gasteiger partial charge in [0.1, 0.15) is 17.0 Å². The average Bonchev–Trinajstić information content (AvgIpc) is 3.09. The van der Waals surface area contributed by atoms with Crippen molar-refractivity contribution in [3.63, 3.8) is 0 Å². The molecule has 0 aliphatic carbocycles. The van der Waals surface area contributed by atoms with Crippen molar-refractivity contribution < 1.29 is 9.15 Å². The van der Waals surface area contributed by atoms with Crippen LogP contribution in [-0.4, -0.2) is 12.1 Å². The number of benzene rings is 1. The van der Waals surface area contributed by atoms with Crippen LogP contribution in [0.3, 0.4) is 0 Å². The predicted molar refractivity (Wildman–Crippen MR) is 76.8 cm³/mol. The standard InChI is InChI=1S/C14H10ClNO2S/c1-17-13-3-2-9(6-11(13)15)12-8-19-14(16-12)10-4-5-18-7-10/h2-8H,1H3. The van der Waals surface area contributed by atoms with Crippen molar-refractivity contribution in [3.8, 4) is 27.6 Å². The van der Waals surface area contributed by atoms with Gasteiger partial charge in [0.05, 0.1) is 24.1 Å². The first-order chi connectivity index (χ1) is 9.28. The third kappa shape index (κ3) is 2.37. The number of halogens is 1. The Balaban J connectivity index is 1.97. The van der Waals surface area contributed by atoms with Crippen molar-refractivity contribution in [2.24, 2.45) is 0 Å². The maximum atomic E-state index is 6.12. The van der Waals surface area contributed by atoms with Gasteiger partial charge < -0.3 is 9.15 Å². The second-order valence-corrected chi connectivity index (χ2v) is 5.16. The molecule has 0 aliphatic heterocycles. The molecule has 0 unspecified atom stereocenters. The fourth-order valence-corrected chi connectivity index (χ4v) is 2.82. The first kappa shape index (κ1) is 12.3. The Bertz CT molecular complexity index is 691. The largest absolute Gasteiger partial charge is 0.495 e. The van der Waals surface area contributed by atoms with Crippen LogP contribution in [0.1, 0.15) is 0 Å². The fourth-order valence-electron chi connectivity index (χ4n) is 1.75. The van der Waals surface area contributed by atoms with Gasteiger partial charge in [-0.15, -0.1) is 11.3 Å². The minimum Gasteiger partial charge on any atom is -0.495 e. The van der Waals surface area contributed by atoms with Gasteiger partial charge in [-0.2, -0.15) is 0 Å². The first-order valence-electron chi connectivity index (χ1n) is 5.60. The second-order valence-electron chi connectivity index (χ2n) is 3.90. The third-order valence-corrected chi connectivity index (χ3v) is 3.91. The molecule has 0 atom stereocenters. The lowest BCUT2D eigenvalue weighted by Crippen LogP contribution is -1.85. The normalized spacial score (nSPS) is 10.6. The highest BCUT2D eigenvalue weighted by molar-refractivity contribution is 7.13. The van der Waals surface area contributed by atoms with E-state index in [0.717, 1.165) is 21.8 Å². The van der Waals surface area contributed by atoms with E-state index in [9.17, 15) is 0 Å². The van der Waals surface area contributed by atoms with Crippen LogP contribution in [0.5, 0.6) is 5.75 Å². The lowest BCUT2D eigenvalue weighted by Gasteiger charge is -2.03. The highest BCUT2D eigenvalue weighted by Gasteiger charge is 2.09. The average molecular weight is 292 g/mol. The quantitative estimate of drug-likeness (QED) is 0.699. The number of aromatic nitrogens is 1. The molecule has 0 bridgehead atoms. The Morgan fingerprint density at radius 3 is 2.84 bits per heavy atom. The van der Waals surface area contributed by atoms with Gasteiger partial charge in [0.15, 0.2) is 0 Å². The molecule has 2 aromatic heterocycles. The molecule has 0 saturated heterocycles. The van der Waals surface area contributed by atoms with Gasteiger partial charge in [0, 0.05) is 16.5 Å². The zero-order chi connectivity index (χ0) is 13.2. The molecule has 96 valence electrons. The van der Waals surface area contributed by atoms with E-state index in [4.69, 9.17) is 20.8 Å². The molecule has 0 N–H and O–H groups in total. The van der Waals surface area contributed by atoms with Crippen molar-refractivity contribution in [1.82, 2.24) is 4.98 Å². The van der Waals surface area contributed by atoms with Gasteiger partial charge in [0.25, 0.3) is 0 Å². The smallest absolute Gasteiger partial charge is 0.137 e. The van der Waals surface area contributed by atoms with E-state index in [-0.39, 0.29) is 0 Å². The molecule has 1 aromatic carbocycles. The molecule has 19 heavy (non-hydrogen) atoms. The SMILES string of the molecule is COc1ccc(-c2csc(-c3ccoc3)n2)cc1Cl. The number of rotatable bonds is 3. The van der Waals surface area contributed by atoms with E-state index in [0.29, 0.717) is 10.8 Å². The van der Waals surface area contributed by atoms with Crippen molar-refractivity contribution >= 4 is 22.9 Å². The highest BCUT2D eigenvalue weighted by Crippen LogP contribution is 2.33. The number of hydrogen-bond acceptors (Lipinski definition) is 4. The first-order valence-corrected chi connectivity index (χ1v) is 6.85. The van der Waals surface area contributed by atoms with Gasteiger partial charge in [-0.1, -0.05) is 11.6 Å². The molecule has 2 heterocycles. The second kappa shape index (κ2) is 5.07. The summed E-state index contributed by atoms with van der Waals surface area (Å²) in [5, 5.41) is 3.51. The summed E-state index contributed by atoms with van der Waals surface area (Å²) in [6, 6.07) is 7.53. The zero-order valence-corrected chi connectivity index (χ0v) is 11.7. The number of hydrogen-bond donors (Lipinski definition) is 0. The third-order valence-electron chi connectivity index (χ3n) is 2.72. The van der Waals surface area contributed by atoms with Gasteiger partial charge in [0.2, 0.25) is 0 Å². The minimum absolute atomic E-state index is 0.581. The van der Waals surface area contributed by atoms with Crippen LogP contribution in [0.4, 0.5) is 0 Å². The van der Waals surface area contributed by atoms with E-state index < -0.39 is 0 Å². The Morgan fingerprint density at radius 2 is 2.16 bits per heavy atom. The van der Waals surface area contributed by atoms with Crippen molar-refractivity contribution in [2.45, 2.75) is 0 Å². The summed E-state index contributed by atoms with van der Waals surface area (Å²) in [6.45, 7) is 0. The topological polar surface area (TPSA) is 35.3 Å². The zero-order valence-electron chi connectivity index (χ0n) is 10.1. The summed E-state index contributed by atoms with van der Waals surface area (Å²) in [7, 11) is 1.60. The number of methoxy groups -OCH3 is 1. The predicted octanol–water partition coefficient (Wildman–Crippen LogP) is 4.73. The number of furan rings is 1. The summed E-state index contributed by atoms with van der Waals surface area (Å²) in [4.78, 5) is 4.58. The molecule has 3 aromatic rings. The van der Waals surface area contributed by atoms with E-state index in [2.05, 4.69) is 4.98 Å². The molecule has 0 fully saturated rings. The minimum atomic E-state index is 0.581. The maximum Gasteiger partial charge on any atom is 0.137 e. The van der Waals surface area contributed by atoms with E-state index >= 15 is 0 Å². The van der Waals surface area contributed by atoms with Gasteiger partial charge in [-0.3, -0.25) is 0 Å². The molecule has 3 rings (SSSR count). The number of ether oxygens (including phenoxy) is 1. The molecule has 0 saturated carbocycles. The van der Waals surface area contributed by atoms with Crippen LogP contribution < -0.4 is 4.74 Å². The molecule has 3 nitrogen and oxygen atoms in total.